The summed E-state index contributed by atoms with van der Waals surface area (Å²) in [6.07, 6.45) is 4.91. The molecule has 35 heavy (non-hydrogen) atoms. The minimum absolute atomic E-state index is 0.0310. The Kier molecular flexibility index (Phi) is 5.84. The van der Waals surface area contributed by atoms with Crippen molar-refractivity contribution in [1.82, 2.24) is 0 Å². The Balaban J connectivity index is 1.47. The third kappa shape index (κ3) is 4.30. The summed E-state index contributed by atoms with van der Waals surface area (Å²) in [5.41, 5.74) is 4.06. The van der Waals surface area contributed by atoms with Crippen LogP contribution >= 0.6 is 0 Å². The minimum Gasteiger partial charge on any atom is -0.377 e. The zero-order valence-corrected chi connectivity index (χ0v) is 20.3. The molecular weight excluding hydrogens is 462 g/mol. The van der Waals surface area contributed by atoms with E-state index in [-0.39, 0.29) is 33.4 Å². The van der Waals surface area contributed by atoms with Crippen LogP contribution in [0.2, 0.25) is 0 Å². The van der Waals surface area contributed by atoms with E-state index in [4.69, 9.17) is 0 Å². The smallest absolute Gasteiger partial charge is 0.274 e. The molecule has 5 rings (SSSR count). The van der Waals surface area contributed by atoms with Gasteiger partial charge >= 0.3 is 0 Å². The molecular formula is C27H27N3O4S. The number of rotatable bonds is 6. The Hall–Kier alpha value is -3.65. The maximum Gasteiger partial charge on any atom is 0.274 e. The highest BCUT2D eigenvalue weighted by Gasteiger charge is 2.40. The van der Waals surface area contributed by atoms with Crippen LogP contribution in [-0.2, 0) is 10.0 Å². The van der Waals surface area contributed by atoms with Crippen LogP contribution in [0.1, 0.15) is 54.8 Å². The van der Waals surface area contributed by atoms with Crippen molar-refractivity contribution in [3.63, 3.8) is 0 Å². The molecule has 8 heteroatoms. The van der Waals surface area contributed by atoms with Crippen molar-refractivity contribution < 1.29 is 13.3 Å². The fraction of sp³-hybridized carbons (Fsp3) is 0.259. The van der Waals surface area contributed by atoms with Gasteiger partial charge in [0.25, 0.3) is 15.7 Å². The number of sulfonamides is 1. The molecule has 1 aliphatic heterocycles. The highest BCUT2D eigenvalue weighted by Crippen LogP contribution is 2.51. The van der Waals surface area contributed by atoms with E-state index in [1.807, 2.05) is 18.2 Å². The number of hydrogen-bond donors (Lipinski definition) is 2. The molecule has 7 nitrogen and oxygen atoms in total. The average molecular weight is 490 g/mol. The third-order valence-corrected chi connectivity index (χ3v) is 8.32. The van der Waals surface area contributed by atoms with Gasteiger partial charge in [0.1, 0.15) is 0 Å². The molecule has 1 aliphatic carbocycles. The molecule has 0 aromatic heterocycles. The van der Waals surface area contributed by atoms with Crippen molar-refractivity contribution in [2.45, 2.75) is 43.0 Å². The Morgan fingerprint density at radius 2 is 1.77 bits per heavy atom. The highest BCUT2D eigenvalue weighted by molar-refractivity contribution is 7.92. The van der Waals surface area contributed by atoms with Gasteiger partial charge in [-0.3, -0.25) is 14.8 Å². The lowest BCUT2D eigenvalue weighted by Crippen LogP contribution is -2.30. The lowest BCUT2D eigenvalue weighted by Gasteiger charge is -2.37. The number of nitrogens with zero attached hydrogens (tertiary/aromatic N) is 1. The van der Waals surface area contributed by atoms with Crippen molar-refractivity contribution >= 4 is 27.1 Å². The molecule has 0 unspecified atom stereocenters. The number of para-hydroxylation sites is 1. The normalized spacial score (nSPS) is 20.7. The molecule has 0 spiro atoms. The highest BCUT2D eigenvalue weighted by atomic mass is 32.2. The second-order valence-corrected chi connectivity index (χ2v) is 11.1. The van der Waals surface area contributed by atoms with Crippen LogP contribution in [0.25, 0.3) is 0 Å². The molecule has 1 heterocycles. The predicted molar refractivity (Wildman–Crippen MR) is 137 cm³/mol. The van der Waals surface area contributed by atoms with Crippen molar-refractivity contribution in [1.29, 1.82) is 0 Å². The first kappa shape index (κ1) is 23.1. The fourth-order valence-electron chi connectivity index (χ4n) is 5.11. The SMILES string of the molecule is CC(C)c1ccc(NS(=O)(=O)c2ccc3c(c2)[C@H]2C=CC[C@H]2[C@@H](c2ccccc2[N+](=O)[O-])N3)cc1. The van der Waals surface area contributed by atoms with E-state index in [1.165, 1.54) is 6.07 Å². The standard InChI is InChI=1S/C27H27N3O4S/c1-17(2)18-10-12-19(13-11-18)29-35(33,34)20-14-15-25-24(16-20)21-7-5-8-22(21)27(28-25)23-6-3-4-9-26(23)30(31)32/h3-7,9-17,21-22,27-29H,8H2,1-2H3/t21-,22+,27-/m0/s1. The number of fused-ring (bicyclic) bond motifs is 3. The Bertz CT molecular complexity index is 1410. The molecule has 0 amide bonds. The monoisotopic (exact) mass is 489 g/mol. The second-order valence-electron chi connectivity index (χ2n) is 9.42. The maximum atomic E-state index is 13.2. The van der Waals surface area contributed by atoms with Gasteiger partial charge in [-0.15, -0.1) is 0 Å². The molecule has 0 fully saturated rings. The van der Waals surface area contributed by atoms with Crippen LogP contribution in [-0.4, -0.2) is 13.3 Å². The average Bonchev–Trinajstić information content (AvgIpc) is 3.34. The summed E-state index contributed by atoms with van der Waals surface area (Å²) >= 11 is 0. The van der Waals surface area contributed by atoms with Gasteiger partial charge in [0, 0.05) is 23.4 Å². The summed E-state index contributed by atoms with van der Waals surface area (Å²) in [5.74, 6) is 0.386. The van der Waals surface area contributed by atoms with E-state index >= 15 is 0 Å². The van der Waals surface area contributed by atoms with Crippen molar-refractivity contribution in [2.24, 2.45) is 5.92 Å². The van der Waals surface area contributed by atoms with E-state index in [9.17, 15) is 18.5 Å². The summed E-state index contributed by atoms with van der Waals surface area (Å²) in [6, 6.07) is 19.0. The molecule has 2 aliphatic rings. The van der Waals surface area contributed by atoms with Gasteiger partial charge in [-0.1, -0.05) is 56.3 Å². The van der Waals surface area contributed by atoms with Gasteiger partial charge in [0.05, 0.1) is 21.4 Å². The first-order valence-corrected chi connectivity index (χ1v) is 13.2. The van der Waals surface area contributed by atoms with Gasteiger partial charge in [-0.25, -0.2) is 8.42 Å². The molecule has 0 saturated carbocycles. The Labute approximate surface area is 205 Å². The van der Waals surface area contributed by atoms with Crippen LogP contribution in [0.4, 0.5) is 17.1 Å². The van der Waals surface area contributed by atoms with Gasteiger partial charge in [0.15, 0.2) is 0 Å². The zero-order chi connectivity index (χ0) is 24.7. The van der Waals surface area contributed by atoms with Crippen LogP contribution < -0.4 is 10.0 Å². The zero-order valence-electron chi connectivity index (χ0n) is 19.5. The molecule has 2 N–H and O–H groups in total. The summed E-state index contributed by atoms with van der Waals surface area (Å²) in [5, 5.41) is 15.1. The topological polar surface area (TPSA) is 101 Å². The van der Waals surface area contributed by atoms with Gasteiger partial charge in [-0.2, -0.15) is 0 Å². The number of anilines is 2. The Morgan fingerprint density at radius 1 is 1.03 bits per heavy atom. The van der Waals surface area contributed by atoms with E-state index in [1.54, 1.807) is 42.5 Å². The van der Waals surface area contributed by atoms with E-state index in [2.05, 4.69) is 36.0 Å². The van der Waals surface area contributed by atoms with E-state index < -0.39 is 10.0 Å². The predicted octanol–water partition coefficient (Wildman–Crippen LogP) is 6.35. The number of allylic oxidation sites excluding steroid dienone is 2. The van der Waals surface area contributed by atoms with Crippen LogP contribution in [0.15, 0.2) is 83.8 Å². The summed E-state index contributed by atoms with van der Waals surface area (Å²) in [6.45, 7) is 4.18. The fourth-order valence-corrected chi connectivity index (χ4v) is 6.21. The largest absolute Gasteiger partial charge is 0.377 e. The quantitative estimate of drug-likeness (QED) is 0.239. The number of benzene rings is 3. The maximum absolute atomic E-state index is 13.2. The third-order valence-electron chi connectivity index (χ3n) is 6.94. The van der Waals surface area contributed by atoms with Crippen molar-refractivity contribution in [2.75, 3.05) is 10.0 Å². The molecule has 0 saturated heterocycles. The first-order valence-electron chi connectivity index (χ1n) is 11.7. The Morgan fingerprint density at radius 3 is 2.49 bits per heavy atom. The second kappa shape index (κ2) is 8.85. The summed E-state index contributed by atoms with van der Waals surface area (Å²) in [4.78, 5) is 11.5. The van der Waals surface area contributed by atoms with Crippen LogP contribution in [0.3, 0.4) is 0 Å². The molecule has 0 bridgehead atoms. The van der Waals surface area contributed by atoms with Crippen molar-refractivity contribution in [3.8, 4) is 0 Å². The van der Waals surface area contributed by atoms with Gasteiger partial charge in [0.2, 0.25) is 0 Å². The van der Waals surface area contributed by atoms with E-state index in [0.29, 0.717) is 17.2 Å². The number of nitro benzene ring substituents is 1. The van der Waals surface area contributed by atoms with E-state index in [0.717, 1.165) is 23.2 Å². The lowest BCUT2D eigenvalue weighted by atomic mass is 9.76. The molecule has 180 valence electrons. The van der Waals surface area contributed by atoms with Gasteiger partial charge < -0.3 is 5.32 Å². The first-order chi connectivity index (χ1) is 16.7. The summed E-state index contributed by atoms with van der Waals surface area (Å²) < 4.78 is 29.0. The lowest BCUT2D eigenvalue weighted by molar-refractivity contribution is -0.385. The molecule has 3 aromatic rings. The van der Waals surface area contributed by atoms with Gasteiger partial charge in [-0.05, 0) is 59.7 Å². The molecule has 3 atom stereocenters. The molecule has 3 aromatic carbocycles. The van der Waals surface area contributed by atoms with Crippen LogP contribution in [0.5, 0.6) is 0 Å². The van der Waals surface area contributed by atoms with Crippen molar-refractivity contribution in [3.05, 3.63) is 106 Å². The summed E-state index contributed by atoms with van der Waals surface area (Å²) in [7, 11) is -3.78. The number of nitrogens with one attached hydrogen (secondary N) is 2. The number of nitro groups is 1. The minimum atomic E-state index is -3.78. The molecule has 0 radical (unpaired) electrons. The number of hydrogen-bond acceptors (Lipinski definition) is 5. The van der Waals surface area contributed by atoms with Crippen LogP contribution in [0, 0.1) is 16.0 Å².